The van der Waals surface area contributed by atoms with Crippen LogP contribution in [0.2, 0.25) is 0 Å². The fraction of sp³-hybridized carbons (Fsp3) is 0.167. The number of hydrogen-bond acceptors (Lipinski definition) is 7. The van der Waals surface area contributed by atoms with Gasteiger partial charge in [-0.25, -0.2) is 9.97 Å². The van der Waals surface area contributed by atoms with Gasteiger partial charge in [0.2, 0.25) is 0 Å². The lowest BCUT2D eigenvalue weighted by atomic mass is 10.1. The number of furan rings is 1. The molecule has 0 spiro atoms. The number of benzene rings is 2. The minimum Gasteiger partial charge on any atom is -0.484 e. The molecule has 2 aromatic heterocycles. The summed E-state index contributed by atoms with van der Waals surface area (Å²) in [6.07, 6.45) is 3.36. The third-order valence-electron chi connectivity index (χ3n) is 4.65. The zero-order valence-electron chi connectivity index (χ0n) is 17.9. The van der Waals surface area contributed by atoms with Crippen LogP contribution in [0.1, 0.15) is 23.0 Å². The Bertz CT molecular complexity index is 1240. The first-order chi connectivity index (χ1) is 16.1. The molecule has 2 amide bonds. The Morgan fingerprint density at radius 2 is 1.79 bits per heavy atom. The van der Waals surface area contributed by atoms with Gasteiger partial charge < -0.3 is 19.8 Å². The van der Waals surface area contributed by atoms with E-state index in [0.717, 1.165) is 10.9 Å². The number of carbonyl (C=O) groups excluding carboxylic acids is 2. The quantitative estimate of drug-likeness (QED) is 0.282. The van der Waals surface area contributed by atoms with Crippen molar-refractivity contribution in [1.82, 2.24) is 15.3 Å². The maximum Gasteiger partial charge on any atom is 0.291 e. The molecule has 0 radical (unpaired) electrons. The van der Waals surface area contributed by atoms with E-state index in [4.69, 9.17) is 9.15 Å². The van der Waals surface area contributed by atoms with Gasteiger partial charge in [-0.1, -0.05) is 30.0 Å². The van der Waals surface area contributed by atoms with E-state index in [9.17, 15) is 9.59 Å². The summed E-state index contributed by atoms with van der Waals surface area (Å²) in [5, 5.41) is 7.03. The van der Waals surface area contributed by atoms with E-state index in [-0.39, 0.29) is 24.2 Å². The summed E-state index contributed by atoms with van der Waals surface area (Å²) < 4.78 is 11.3. The third-order valence-corrected chi connectivity index (χ3v) is 5.55. The Labute approximate surface area is 194 Å². The van der Waals surface area contributed by atoms with E-state index in [1.165, 1.54) is 11.8 Å². The van der Waals surface area contributed by atoms with Crippen molar-refractivity contribution < 1.29 is 18.7 Å². The van der Waals surface area contributed by atoms with Crippen molar-refractivity contribution in [3.8, 4) is 5.75 Å². The van der Waals surface area contributed by atoms with E-state index in [2.05, 4.69) is 20.6 Å². The molecular formula is C24H22N4O4S. The lowest BCUT2D eigenvalue weighted by Crippen LogP contribution is -2.28. The van der Waals surface area contributed by atoms with Crippen LogP contribution in [0.25, 0.3) is 11.0 Å². The zero-order chi connectivity index (χ0) is 23.0. The molecule has 2 N–H and O–H groups in total. The number of anilines is 1. The first kappa shape index (κ1) is 22.3. The highest BCUT2D eigenvalue weighted by Gasteiger charge is 2.21. The number of nitrogens with zero attached hydrogens (tertiary/aromatic N) is 2. The SMILES string of the molecule is CCNC(=O)COc1ccc(NC(=O)c2oc3ccccc3c2CSc2ncccn2)cc1. The molecule has 0 saturated heterocycles. The number of thioether (sulfide) groups is 1. The number of amides is 2. The smallest absolute Gasteiger partial charge is 0.291 e. The largest absolute Gasteiger partial charge is 0.484 e. The molecule has 0 bridgehead atoms. The molecule has 2 heterocycles. The molecule has 0 atom stereocenters. The van der Waals surface area contributed by atoms with Crippen LogP contribution in [-0.4, -0.2) is 34.9 Å². The second-order valence-electron chi connectivity index (χ2n) is 6.95. The maximum absolute atomic E-state index is 13.1. The van der Waals surface area contributed by atoms with Crippen molar-refractivity contribution >= 4 is 40.2 Å². The molecule has 0 aliphatic carbocycles. The lowest BCUT2D eigenvalue weighted by molar-refractivity contribution is -0.122. The molecule has 0 aliphatic heterocycles. The van der Waals surface area contributed by atoms with E-state index in [1.807, 2.05) is 31.2 Å². The molecule has 0 aliphatic rings. The summed E-state index contributed by atoms with van der Waals surface area (Å²) in [6, 6.07) is 16.1. The molecule has 0 saturated carbocycles. The van der Waals surface area contributed by atoms with E-state index < -0.39 is 0 Å². The summed E-state index contributed by atoms with van der Waals surface area (Å²) in [5.41, 5.74) is 2.00. The fourth-order valence-corrected chi connectivity index (χ4v) is 3.97. The average Bonchev–Trinajstić information content (AvgIpc) is 3.22. The third kappa shape index (κ3) is 5.69. The summed E-state index contributed by atoms with van der Waals surface area (Å²) in [5.74, 6) is 0.716. The van der Waals surface area contributed by atoms with E-state index in [1.54, 1.807) is 42.7 Å². The van der Waals surface area contributed by atoms with Crippen LogP contribution < -0.4 is 15.4 Å². The second-order valence-corrected chi connectivity index (χ2v) is 7.89. The lowest BCUT2D eigenvalue weighted by Gasteiger charge is -2.08. The number of fused-ring (bicyclic) bond motifs is 1. The number of rotatable bonds is 9. The summed E-state index contributed by atoms with van der Waals surface area (Å²) in [6.45, 7) is 2.33. The molecule has 8 nitrogen and oxygen atoms in total. The first-order valence-electron chi connectivity index (χ1n) is 10.3. The Morgan fingerprint density at radius 3 is 2.55 bits per heavy atom. The van der Waals surface area contributed by atoms with Crippen LogP contribution in [0.4, 0.5) is 5.69 Å². The highest BCUT2D eigenvalue weighted by molar-refractivity contribution is 7.98. The first-order valence-corrected chi connectivity index (χ1v) is 11.3. The number of ether oxygens (including phenoxy) is 1. The van der Waals surface area contributed by atoms with Crippen molar-refractivity contribution in [2.24, 2.45) is 0 Å². The van der Waals surface area contributed by atoms with Crippen molar-refractivity contribution in [1.29, 1.82) is 0 Å². The molecule has 168 valence electrons. The summed E-state index contributed by atoms with van der Waals surface area (Å²) in [4.78, 5) is 33.0. The molecule has 0 unspecified atom stereocenters. The summed E-state index contributed by atoms with van der Waals surface area (Å²) >= 11 is 1.43. The fourth-order valence-electron chi connectivity index (χ4n) is 3.14. The normalized spacial score (nSPS) is 10.7. The number of nitrogens with one attached hydrogen (secondary N) is 2. The van der Waals surface area contributed by atoms with Crippen molar-refractivity contribution in [3.63, 3.8) is 0 Å². The van der Waals surface area contributed by atoms with Crippen LogP contribution in [0.5, 0.6) is 5.75 Å². The highest BCUT2D eigenvalue weighted by atomic mass is 32.2. The van der Waals surface area contributed by atoms with Gasteiger partial charge in [0.05, 0.1) is 0 Å². The topological polar surface area (TPSA) is 106 Å². The predicted octanol–water partition coefficient (Wildman–Crippen LogP) is 4.28. The summed E-state index contributed by atoms with van der Waals surface area (Å²) in [7, 11) is 0. The van der Waals surface area contributed by atoms with Gasteiger partial charge in [0.15, 0.2) is 17.5 Å². The number of carbonyl (C=O) groups is 2. The number of likely N-dealkylation sites (N-methyl/N-ethyl adjacent to an activating group) is 1. The maximum atomic E-state index is 13.1. The Balaban J connectivity index is 1.48. The van der Waals surface area contributed by atoms with Crippen LogP contribution >= 0.6 is 11.8 Å². The molecular weight excluding hydrogens is 440 g/mol. The monoisotopic (exact) mass is 462 g/mol. The van der Waals surface area contributed by atoms with Crippen molar-refractivity contribution in [3.05, 3.63) is 78.3 Å². The minimum absolute atomic E-state index is 0.0648. The average molecular weight is 463 g/mol. The molecule has 2 aromatic carbocycles. The number of aromatic nitrogens is 2. The van der Waals surface area contributed by atoms with E-state index >= 15 is 0 Å². The van der Waals surface area contributed by atoms with Crippen LogP contribution in [-0.2, 0) is 10.5 Å². The van der Waals surface area contributed by atoms with Gasteiger partial charge in [-0.2, -0.15) is 0 Å². The van der Waals surface area contributed by atoms with E-state index in [0.29, 0.717) is 34.5 Å². The number of para-hydroxylation sites is 1. The Morgan fingerprint density at radius 1 is 1.03 bits per heavy atom. The molecule has 4 rings (SSSR count). The molecule has 4 aromatic rings. The molecule has 0 fully saturated rings. The van der Waals surface area contributed by atoms with Gasteiger partial charge in [0.25, 0.3) is 11.8 Å². The van der Waals surface area contributed by atoms with Crippen LogP contribution in [0.3, 0.4) is 0 Å². The zero-order valence-corrected chi connectivity index (χ0v) is 18.7. The highest BCUT2D eigenvalue weighted by Crippen LogP contribution is 2.31. The number of hydrogen-bond donors (Lipinski definition) is 2. The minimum atomic E-state index is -0.355. The van der Waals surface area contributed by atoms with Gasteiger partial charge in [0, 0.05) is 41.3 Å². The van der Waals surface area contributed by atoms with Crippen LogP contribution in [0, 0.1) is 0 Å². The van der Waals surface area contributed by atoms with Gasteiger partial charge in [-0.15, -0.1) is 0 Å². The predicted molar refractivity (Wildman–Crippen MR) is 126 cm³/mol. The Hall–Kier alpha value is -3.85. The van der Waals surface area contributed by atoms with Gasteiger partial charge in [-0.3, -0.25) is 9.59 Å². The standard InChI is InChI=1S/C24H22N4O4S/c1-2-25-21(29)14-31-17-10-8-16(9-11-17)28-23(30)22-19(15-33-24-26-12-5-13-27-24)18-6-3-4-7-20(18)32-22/h3-13H,2,14-15H2,1H3,(H,25,29)(H,28,30). The molecule has 33 heavy (non-hydrogen) atoms. The van der Waals surface area contributed by atoms with Crippen LogP contribution in [0.15, 0.2) is 76.6 Å². The van der Waals surface area contributed by atoms with Crippen molar-refractivity contribution in [2.45, 2.75) is 17.8 Å². The van der Waals surface area contributed by atoms with Gasteiger partial charge in [-0.05, 0) is 43.3 Å². The molecule has 9 heteroatoms. The van der Waals surface area contributed by atoms with Crippen molar-refractivity contribution in [2.75, 3.05) is 18.5 Å². The van der Waals surface area contributed by atoms with Gasteiger partial charge >= 0.3 is 0 Å². The Kier molecular flexibility index (Phi) is 7.21. The van der Waals surface area contributed by atoms with Gasteiger partial charge in [0.1, 0.15) is 11.3 Å². The second kappa shape index (κ2) is 10.6.